The first-order valence-electron chi connectivity index (χ1n) is 7.39. The third-order valence-electron chi connectivity index (χ3n) is 3.41. The van der Waals surface area contributed by atoms with Crippen LogP contribution in [0.4, 0.5) is 5.82 Å². The second-order valence-corrected chi connectivity index (χ2v) is 6.98. The number of carbonyl (C=O) groups is 1. The maximum absolute atomic E-state index is 12.3. The van der Waals surface area contributed by atoms with Gasteiger partial charge in [-0.2, -0.15) is 5.10 Å². The maximum Gasteiger partial charge on any atom is 0.277 e. The standard InChI is InChI=1S/C14H19N5O2S/c1-8(2)19-11(6-7-15-19)16-12(20)9(3)22-14-18-17-13(21-14)10-4-5-10/h6-10H,4-5H2,1-3H3,(H,16,20). The van der Waals surface area contributed by atoms with Crippen LogP contribution in [0.2, 0.25) is 0 Å². The van der Waals surface area contributed by atoms with E-state index in [1.807, 2.05) is 20.8 Å². The molecular formula is C14H19N5O2S. The van der Waals surface area contributed by atoms with E-state index in [2.05, 4.69) is 20.6 Å². The average molecular weight is 321 g/mol. The molecule has 1 aliphatic rings. The summed E-state index contributed by atoms with van der Waals surface area (Å²) < 4.78 is 7.34. The highest BCUT2D eigenvalue weighted by Gasteiger charge is 2.30. The number of carbonyl (C=O) groups excluding carboxylic acids is 1. The second-order valence-electron chi connectivity index (χ2n) is 5.68. The SMILES string of the molecule is CC(Sc1nnc(C2CC2)o1)C(=O)Nc1ccnn1C(C)C. The van der Waals surface area contributed by atoms with Gasteiger partial charge in [0.25, 0.3) is 5.22 Å². The van der Waals surface area contributed by atoms with Gasteiger partial charge < -0.3 is 9.73 Å². The van der Waals surface area contributed by atoms with E-state index in [0.29, 0.717) is 22.8 Å². The van der Waals surface area contributed by atoms with Crippen LogP contribution in [-0.4, -0.2) is 31.1 Å². The van der Waals surface area contributed by atoms with Crippen molar-refractivity contribution in [3.63, 3.8) is 0 Å². The van der Waals surface area contributed by atoms with E-state index in [-0.39, 0.29) is 17.2 Å². The molecule has 1 unspecified atom stereocenters. The third-order valence-corrected chi connectivity index (χ3v) is 4.34. The van der Waals surface area contributed by atoms with E-state index in [1.165, 1.54) is 11.8 Å². The minimum Gasteiger partial charge on any atom is -0.416 e. The van der Waals surface area contributed by atoms with Crippen molar-refractivity contribution in [3.05, 3.63) is 18.2 Å². The Balaban J connectivity index is 1.59. The van der Waals surface area contributed by atoms with Gasteiger partial charge in [0.05, 0.1) is 11.4 Å². The fraction of sp³-hybridized carbons (Fsp3) is 0.571. The molecule has 22 heavy (non-hydrogen) atoms. The molecule has 2 aromatic heterocycles. The number of anilines is 1. The molecule has 0 aromatic carbocycles. The average Bonchev–Trinajstić information content (AvgIpc) is 3.04. The number of hydrogen-bond acceptors (Lipinski definition) is 6. The van der Waals surface area contributed by atoms with Gasteiger partial charge in [-0.25, -0.2) is 4.68 Å². The predicted molar refractivity (Wildman–Crippen MR) is 82.8 cm³/mol. The lowest BCUT2D eigenvalue weighted by Gasteiger charge is -2.13. The Morgan fingerprint density at radius 2 is 2.18 bits per heavy atom. The van der Waals surface area contributed by atoms with Crippen LogP contribution in [0.1, 0.15) is 51.5 Å². The van der Waals surface area contributed by atoms with Gasteiger partial charge in [-0.05, 0) is 33.6 Å². The lowest BCUT2D eigenvalue weighted by molar-refractivity contribution is -0.115. The zero-order chi connectivity index (χ0) is 15.7. The van der Waals surface area contributed by atoms with Gasteiger partial charge in [0.2, 0.25) is 11.8 Å². The zero-order valence-corrected chi connectivity index (χ0v) is 13.6. The zero-order valence-electron chi connectivity index (χ0n) is 12.8. The van der Waals surface area contributed by atoms with Crippen LogP contribution in [0.3, 0.4) is 0 Å². The van der Waals surface area contributed by atoms with Crippen molar-refractivity contribution in [3.8, 4) is 0 Å². The molecule has 1 aliphatic carbocycles. The summed E-state index contributed by atoms with van der Waals surface area (Å²) in [5.41, 5.74) is 0. The normalized spacial score (nSPS) is 16.0. The minimum atomic E-state index is -0.331. The van der Waals surface area contributed by atoms with Crippen LogP contribution >= 0.6 is 11.8 Å². The van der Waals surface area contributed by atoms with Crippen molar-refractivity contribution >= 4 is 23.5 Å². The molecule has 1 N–H and O–H groups in total. The van der Waals surface area contributed by atoms with Crippen molar-refractivity contribution in [2.24, 2.45) is 0 Å². The summed E-state index contributed by atoms with van der Waals surface area (Å²) in [7, 11) is 0. The Morgan fingerprint density at radius 1 is 1.41 bits per heavy atom. The smallest absolute Gasteiger partial charge is 0.277 e. The molecule has 118 valence electrons. The van der Waals surface area contributed by atoms with Gasteiger partial charge in [-0.15, -0.1) is 10.2 Å². The lowest BCUT2D eigenvalue weighted by Crippen LogP contribution is -2.24. The number of thioether (sulfide) groups is 1. The molecule has 0 aliphatic heterocycles. The summed E-state index contributed by atoms with van der Waals surface area (Å²) in [5, 5.41) is 15.2. The molecule has 8 heteroatoms. The first kappa shape index (κ1) is 15.1. The summed E-state index contributed by atoms with van der Waals surface area (Å²) in [6.45, 7) is 5.84. The lowest BCUT2D eigenvalue weighted by atomic mass is 10.4. The van der Waals surface area contributed by atoms with Gasteiger partial charge in [0, 0.05) is 18.0 Å². The van der Waals surface area contributed by atoms with E-state index in [0.717, 1.165) is 12.8 Å². The molecule has 0 bridgehead atoms. The summed E-state index contributed by atoms with van der Waals surface area (Å²) in [6.07, 6.45) is 3.90. The second kappa shape index (κ2) is 6.12. The van der Waals surface area contributed by atoms with Gasteiger partial charge in [0.15, 0.2) is 0 Å². The van der Waals surface area contributed by atoms with Gasteiger partial charge in [-0.3, -0.25) is 4.79 Å². The van der Waals surface area contributed by atoms with Crippen LogP contribution in [0.15, 0.2) is 21.9 Å². The Morgan fingerprint density at radius 3 is 2.86 bits per heavy atom. The molecule has 2 aromatic rings. The van der Waals surface area contributed by atoms with E-state index >= 15 is 0 Å². The van der Waals surface area contributed by atoms with Crippen molar-refractivity contribution in [2.75, 3.05) is 5.32 Å². The number of nitrogens with one attached hydrogen (secondary N) is 1. The molecule has 1 atom stereocenters. The number of hydrogen-bond donors (Lipinski definition) is 1. The predicted octanol–water partition coefficient (Wildman–Crippen LogP) is 2.84. The number of rotatable bonds is 6. The van der Waals surface area contributed by atoms with Gasteiger partial charge >= 0.3 is 0 Å². The van der Waals surface area contributed by atoms with E-state index in [1.54, 1.807) is 16.9 Å². The highest BCUT2D eigenvalue weighted by molar-refractivity contribution is 8.00. The van der Waals surface area contributed by atoms with Crippen molar-refractivity contribution < 1.29 is 9.21 Å². The first-order chi connectivity index (χ1) is 10.5. The van der Waals surface area contributed by atoms with Crippen LogP contribution < -0.4 is 5.32 Å². The van der Waals surface area contributed by atoms with E-state index in [9.17, 15) is 4.79 Å². The molecule has 1 fully saturated rings. The van der Waals surface area contributed by atoms with Crippen LogP contribution in [0, 0.1) is 0 Å². The highest BCUT2D eigenvalue weighted by atomic mass is 32.2. The third kappa shape index (κ3) is 3.32. The summed E-state index contributed by atoms with van der Waals surface area (Å²) in [6, 6.07) is 1.97. The fourth-order valence-electron chi connectivity index (χ4n) is 2.02. The Hall–Kier alpha value is -1.83. The summed E-state index contributed by atoms with van der Waals surface area (Å²) >= 11 is 1.27. The van der Waals surface area contributed by atoms with Crippen molar-refractivity contribution in [1.82, 2.24) is 20.0 Å². The first-order valence-corrected chi connectivity index (χ1v) is 8.27. The molecule has 7 nitrogen and oxygen atoms in total. The molecule has 0 saturated heterocycles. The number of amides is 1. The van der Waals surface area contributed by atoms with E-state index < -0.39 is 0 Å². The molecule has 1 saturated carbocycles. The van der Waals surface area contributed by atoms with Gasteiger partial charge in [-0.1, -0.05) is 11.8 Å². The topological polar surface area (TPSA) is 85.8 Å². The molecular weight excluding hydrogens is 302 g/mol. The van der Waals surface area contributed by atoms with Crippen molar-refractivity contribution in [2.45, 2.75) is 56.0 Å². The summed E-state index contributed by atoms with van der Waals surface area (Å²) in [5.74, 6) is 1.69. The number of nitrogens with zero attached hydrogens (tertiary/aromatic N) is 4. The largest absolute Gasteiger partial charge is 0.416 e. The fourth-order valence-corrected chi connectivity index (χ4v) is 2.71. The molecule has 0 radical (unpaired) electrons. The maximum atomic E-state index is 12.3. The van der Waals surface area contributed by atoms with Crippen LogP contribution in [-0.2, 0) is 4.79 Å². The number of aromatic nitrogens is 4. The monoisotopic (exact) mass is 321 g/mol. The Kier molecular flexibility index (Phi) is 4.19. The van der Waals surface area contributed by atoms with E-state index in [4.69, 9.17) is 4.42 Å². The Labute approximate surface area is 132 Å². The molecule has 0 spiro atoms. The van der Waals surface area contributed by atoms with Gasteiger partial charge in [0.1, 0.15) is 5.82 Å². The molecule has 3 rings (SSSR count). The Bertz CT molecular complexity index is 662. The van der Waals surface area contributed by atoms with Crippen LogP contribution in [0.5, 0.6) is 0 Å². The van der Waals surface area contributed by atoms with Crippen molar-refractivity contribution in [1.29, 1.82) is 0 Å². The molecule has 2 heterocycles. The summed E-state index contributed by atoms with van der Waals surface area (Å²) in [4.78, 5) is 12.3. The highest BCUT2D eigenvalue weighted by Crippen LogP contribution is 2.40. The van der Waals surface area contributed by atoms with Crippen LogP contribution in [0.25, 0.3) is 0 Å². The minimum absolute atomic E-state index is 0.112. The molecule has 1 amide bonds. The quantitative estimate of drug-likeness (QED) is 0.823.